The Morgan fingerprint density at radius 2 is 1.81 bits per heavy atom. The lowest BCUT2D eigenvalue weighted by Gasteiger charge is -2.12. The molecule has 6 nitrogen and oxygen atoms in total. The second kappa shape index (κ2) is 5.85. The lowest BCUT2D eigenvalue weighted by Crippen LogP contribution is -2.33. The summed E-state index contributed by atoms with van der Waals surface area (Å²) < 4.78 is 22.7. The van der Waals surface area contributed by atoms with Crippen LogP contribution in [0.4, 0.5) is 0 Å². The van der Waals surface area contributed by atoms with Crippen LogP contribution in [0.3, 0.4) is 0 Å². The number of hydrogen-bond donors (Lipinski definition) is 2. The predicted molar refractivity (Wildman–Crippen MR) is 75.8 cm³/mol. The summed E-state index contributed by atoms with van der Waals surface area (Å²) in [6, 6.07) is 5.54. The van der Waals surface area contributed by atoms with Crippen molar-refractivity contribution < 1.29 is 23.1 Å². The van der Waals surface area contributed by atoms with E-state index in [9.17, 15) is 18.0 Å². The zero-order chi connectivity index (χ0) is 15.6. The maximum atomic E-state index is 12.0. The SMILES string of the molecule is CS(=O)(=O)c1ccc(C(=O)N[C@@H]2CC[C@H](C(=O)O)C2)cc1. The number of carboxylic acids is 1. The second-order valence-electron chi connectivity index (χ2n) is 5.32. The maximum absolute atomic E-state index is 12.0. The molecule has 114 valence electrons. The Morgan fingerprint density at radius 3 is 2.29 bits per heavy atom. The van der Waals surface area contributed by atoms with E-state index in [-0.39, 0.29) is 16.8 Å². The molecule has 2 N–H and O–H groups in total. The van der Waals surface area contributed by atoms with E-state index in [0.717, 1.165) is 6.26 Å². The summed E-state index contributed by atoms with van der Waals surface area (Å²) in [5.74, 6) is -1.54. The molecule has 1 amide bonds. The van der Waals surface area contributed by atoms with Gasteiger partial charge in [0.2, 0.25) is 0 Å². The normalized spacial score (nSPS) is 22.0. The lowest BCUT2D eigenvalue weighted by atomic mass is 10.1. The number of nitrogens with one attached hydrogen (secondary N) is 1. The highest BCUT2D eigenvalue weighted by Gasteiger charge is 2.30. The summed E-state index contributed by atoms with van der Waals surface area (Å²) >= 11 is 0. The van der Waals surface area contributed by atoms with E-state index in [1.54, 1.807) is 0 Å². The number of sulfone groups is 1. The van der Waals surface area contributed by atoms with Crippen molar-refractivity contribution in [1.29, 1.82) is 0 Å². The van der Waals surface area contributed by atoms with Gasteiger partial charge in [-0.2, -0.15) is 0 Å². The molecule has 2 rings (SSSR count). The molecule has 1 saturated carbocycles. The third-order valence-corrected chi connectivity index (χ3v) is 4.79. The molecule has 1 aliphatic carbocycles. The minimum atomic E-state index is -3.28. The molecular formula is C14H17NO5S. The van der Waals surface area contributed by atoms with Gasteiger partial charge in [0.1, 0.15) is 0 Å². The van der Waals surface area contributed by atoms with Gasteiger partial charge in [0.05, 0.1) is 10.8 Å². The fourth-order valence-electron chi connectivity index (χ4n) is 2.46. The van der Waals surface area contributed by atoms with Crippen LogP contribution < -0.4 is 5.32 Å². The third-order valence-electron chi connectivity index (χ3n) is 3.66. The number of benzene rings is 1. The monoisotopic (exact) mass is 311 g/mol. The molecule has 1 aromatic rings. The molecule has 0 bridgehead atoms. The van der Waals surface area contributed by atoms with Gasteiger partial charge in [-0.05, 0) is 43.5 Å². The minimum Gasteiger partial charge on any atom is -0.481 e. The van der Waals surface area contributed by atoms with E-state index in [4.69, 9.17) is 5.11 Å². The number of carbonyl (C=O) groups excluding carboxylic acids is 1. The van der Waals surface area contributed by atoms with Gasteiger partial charge in [0, 0.05) is 17.9 Å². The van der Waals surface area contributed by atoms with Crippen molar-refractivity contribution in [2.75, 3.05) is 6.26 Å². The largest absolute Gasteiger partial charge is 0.481 e. The second-order valence-corrected chi connectivity index (χ2v) is 7.33. The predicted octanol–water partition coefficient (Wildman–Crippen LogP) is 1.07. The first-order chi connectivity index (χ1) is 9.77. The van der Waals surface area contributed by atoms with Crippen LogP contribution in [0.25, 0.3) is 0 Å². The Morgan fingerprint density at radius 1 is 1.19 bits per heavy atom. The van der Waals surface area contributed by atoms with Crippen LogP contribution in [-0.2, 0) is 14.6 Å². The van der Waals surface area contributed by atoms with Crippen LogP contribution >= 0.6 is 0 Å². The molecule has 0 saturated heterocycles. The molecule has 1 fully saturated rings. The van der Waals surface area contributed by atoms with Gasteiger partial charge in [-0.15, -0.1) is 0 Å². The minimum absolute atomic E-state index is 0.145. The van der Waals surface area contributed by atoms with E-state index in [0.29, 0.717) is 24.8 Å². The standard InChI is InChI=1S/C14H17NO5S/c1-21(19,20)12-6-3-9(4-7-12)13(16)15-11-5-2-10(8-11)14(17)18/h3-4,6-7,10-11H,2,5,8H2,1H3,(H,15,16)(H,17,18)/t10-,11+/m0/s1. The summed E-state index contributed by atoms with van der Waals surface area (Å²) in [4.78, 5) is 23.1. The van der Waals surface area contributed by atoms with Gasteiger partial charge in [0.15, 0.2) is 9.84 Å². The zero-order valence-corrected chi connectivity index (χ0v) is 12.4. The number of rotatable bonds is 4. The smallest absolute Gasteiger partial charge is 0.306 e. The molecule has 1 aromatic carbocycles. The topological polar surface area (TPSA) is 101 Å². The van der Waals surface area contributed by atoms with Crippen LogP contribution in [0.1, 0.15) is 29.6 Å². The number of carboxylic acid groups (broad SMARTS) is 1. The van der Waals surface area contributed by atoms with Crippen molar-refractivity contribution in [3.05, 3.63) is 29.8 Å². The fraction of sp³-hybridized carbons (Fsp3) is 0.429. The first-order valence-electron chi connectivity index (χ1n) is 6.61. The van der Waals surface area contributed by atoms with Crippen molar-refractivity contribution >= 4 is 21.7 Å². The summed E-state index contributed by atoms with van der Waals surface area (Å²) in [5.41, 5.74) is 0.362. The molecule has 21 heavy (non-hydrogen) atoms. The van der Waals surface area contributed by atoms with Crippen molar-refractivity contribution in [3.63, 3.8) is 0 Å². The highest BCUT2D eigenvalue weighted by Crippen LogP contribution is 2.25. The van der Waals surface area contributed by atoms with Crippen molar-refractivity contribution in [3.8, 4) is 0 Å². The van der Waals surface area contributed by atoms with Crippen molar-refractivity contribution in [1.82, 2.24) is 5.32 Å². The fourth-order valence-corrected chi connectivity index (χ4v) is 3.09. The van der Waals surface area contributed by atoms with Crippen LogP contribution in [0.2, 0.25) is 0 Å². The van der Waals surface area contributed by atoms with Crippen LogP contribution in [0.15, 0.2) is 29.2 Å². The highest BCUT2D eigenvalue weighted by molar-refractivity contribution is 7.90. The van der Waals surface area contributed by atoms with Gasteiger partial charge in [-0.1, -0.05) is 0 Å². The third kappa shape index (κ3) is 3.81. The summed E-state index contributed by atoms with van der Waals surface area (Å²) in [6.45, 7) is 0. The van der Waals surface area contributed by atoms with Crippen molar-refractivity contribution in [2.45, 2.75) is 30.2 Å². The van der Waals surface area contributed by atoms with E-state index in [2.05, 4.69) is 5.32 Å². The van der Waals surface area contributed by atoms with Crippen LogP contribution in [0.5, 0.6) is 0 Å². The Kier molecular flexibility index (Phi) is 4.32. The van der Waals surface area contributed by atoms with E-state index in [1.807, 2.05) is 0 Å². The first-order valence-corrected chi connectivity index (χ1v) is 8.50. The van der Waals surface area contributed by atoms with Crippen LogP contribution in [-0.4, -0.2) is 37.7 Å². The molecule has 0 spiro atoms. The quantitative estimate of drug-likeness (QED) is 0.866. The number of hydrogen-bond acceptors (Lipinski definition) is 4. The number of carbonyl (C=O) groups is 2. The molecule has 0 radical (unpaired) electrons. The van der Waals surface area contributed by atoms with Gasteiger partial charge < -0.3 is 10.4 Å². The Labute approximate surface area is 123 Å². The average Bonchev–Trinajstić information content (AvgIpc) is 2.86. The molecule has 0 heterocycles. The number of aliphatic carboxylic acids is 1. The van der Waals surface area contributed by atoms with Gasteiger partial charge in [-0.3, -0.25) is 9.59 Å². The van der Waals surface area contributed by atoms with Crippen LogP contribution in [0, 0.1) is 5.92 Å². The van der Waals surface area contributed by atoms with Gasteiger partial charge in [0.25, 0.3) is 5.91 Å². The Bertz CT molecular complexity index is 650. The molecule has 0 aliphatic heterocycles. The van der Waals surface area contributed by atoms with Gasteiger partial charge in [-0.25, -0.2) is 8.42 Å². The molecule has 2 atom stereocenters. The summed E-state index contributed by atoms with van der Waals surface area (Å²) in [5, 5.41) is 11.7. The van der Waals surface area contributed by atoms with Crippen molar-refractivity contribution in [2.24, 2.45) is 5.92 Å². The summed E-state index contributed by atoms with van der Waals surface area (Å²) in [6.07, 6.45) is 2.74. The summed E-state index contributed by atoms with van der Waals surface area (Å²) in [7, 11) is -3.28. The molecule has 1 aliphatic rings. The van der Waals surface area contributed by atoms with E-state index in [1.165, 1.54) is 24.3 Å². The molecule has 0 unspecified atom stereocenters. The first kappa shape index (κ1) is 15.5. The highest BCUT2D eigenvalue weighted by atomic mass is 32.2. The maximum Gasteiger partial charge on any atom is 0.306 e. The van der Waals surface area contributed by atoms with E-state index < -0.39 is 21.7 Å². The molecule has 7 heteroatoms. The molecule has 0 aromatic heterocycles. The average molecular weight is 311 g/mol. The van der Waals surface area contributed by atoms with Gasteiger partial charge >= 0.3 is 5.97 Å². The zero-order valence-electron chi connectivity index (χ0n) is 11.6. The lowest BCUT2D eigenvalue weighted by molar-refractivity contribution is -0.141. The van der Waals surface area contributed by atoms with E-state index >= 15 is 0 Å². The Hall–Kier alpha value is -1.89. The number of amides is 1. The Balaban J connectivity index is 2.00. The molecular weight excluding hydrogens is 294 g/mol.